The third-order valence-electron chi connectivity index (χ3n) is 21.4. The molecule has 0 radical (unpaired) electrons. The van der Waals surface area contributed by atoms with E-state index in [0.29, 0.717) is 43.5 Å². The molecule has 5 amide bonds. The molecule has 768 valence electrons. The minimum atomic E-state index is -4.76. The molecule has 8 heterocycles. The zero-order chi connectivity index (χ0) is 111. The fourth-order valence-electron chi connectivity index (χ4n) is 14.1. The van der Waals surface area contributed by atoms with E-state index in [9.17, 15) is 126 Å². The van der Waals surface area contributed by atoms with Gasteiger partial charge in [-0.15, -0.1) is 0 Å². The second-order valence-corrected chi connectivity index (χ2v) is 39.0. The van der Waals surface area contributed by atoms with E-state index in [1.807, 2.05) is 18.2 Å². The number of nitriles is 3. The lowest BCUT2D eigenvalue weighted by Crippen LogP contribution is -2.31. The summed E-state index contributed by atoms with van der Waals surface area (Å²) < 4.78 is 241. The second kappa shape index (κ2) is 46.8. The van der Waals surface area contributed by atoms with Crippen molar-refractivity contribution in [3.63, 3.8) is 0 Å². The molecule has 0 aliphatic carbocycles. The number of pyridine rings is 8. The average Bonchev–Trinajstić information content (AvgIpc) is 0.771. The van der Waals surface area contributed by atoms with Gasteiger partial charge in [0.15, 0.2) is 0 Å². The summed E-state index contributed by atoms with van der Waals surface area (Å²) >= 11 is 11.8. The first kappa shape index (κ1) is 113. The summed E-state index contributed by atoms with van der Waals surface area (Å²) in [5.74, 6) is -5.96. The summed E-state index contributed by atoms with van der Waals surface area (Å²) in [5, 5.41) is 27.4. The van der Waals surface area contributed by atoms with Gasteiger partial charge in [-0.25, -0.2) is 35.4 Å². The molecule has 15 rings (SSSR count). The standard InChI is InChI=1S/C21H14F3N3O3S.C20H14F4N2O3S.C20H13F3N4O3S.C19H13ClF3N3O3S.C19H13ClN4O3S/c1-12-18(31(30)16-7-5-13(11-25)6-8-16)10-17(19(26)28)20(29)27(12)15-4-2-3-14(9-15)21(22,23)24;1-11-17(30(29)15-7-5-13(21)6-8-15)10-16(18(25)27)19(28)26(11)14-4-2-3-12(9-14)20(22,23)24;1-11-16(31(30)14-4-2-12(10-24)3-5-14)9-15(18(25)28)19(29)27(11)13-6-7-26-17(8-13)20(21,22)23;1-10-15(30(29)16-6-5-12(20)9-25-16)8-14(17(24)27)18(28)26(10)13-4-2-3-11(7-13)19(21,22)23;1-11-17(28(27)15-6-5-13(9-21)23-10-15)8-16(18(22)25)19(26)24(11)14-4-2-3-12(20)7-14/h2-10H,1H3,(H2,26,28);2-10H,1H3,(H2,25,27);2-9H,1H3,(H2,25,28);2-9H,1H3,(H2,24,27);2-8,10H,1H3,(H2,22,25). The number of aromatic nitrogens is 8. The molecule has 0 aliphatic heterocycles. The van der Waals surface area contributed by atoms with E-state index in [1.54, 1.807) is 31.2 Å². The predicted molar refractivity (Wildman–Crippen MR) is 520 cm³/mol. The number of nitrogens with two attached hydrogens (primary N) is 5. The van der Waals surface area contributed by atoms with Crippen molar-refractivity contribution in [2.45, 2.75) is 108 Å². The number of nitrogens with zero attached hydrogens (tertiary/aromatic N) is 11. The van der Waals surface area contributed by atoms with Crippen LogP contribution in [0, 0.1) is 74.4 Å². The Morgan fingerprint density at radius 3 is 0.880 bits per heavy atom. The SMILES string of the molecule is Cc1c(S(=O)c2ccc(C#N)cc2)cc(C(N)=O)c(=O)n1-c1cccc(C(F)(F)F)c1.Cc1c(S(=O)c2ccc(C#N)cc2)cc(C(N)=O)c(=O)n1-c1ccnc(C(F)(F)F)c1.Cc1c(S(=O)c2ccc(C#N)nc2)cc(C(N)=O)c(=O)n1-c1cccc(Cl)c1.Cc1c(S(=O)c2ccc(Cl)cn2)cc(C(N)=O)c(=O)n1-c1cccc(C(F)(F)F)c1.Cc1c(S(=O)c2ccc(F)cc2)cc(C(N)=O)c(=O)n1-c1cccc(C(F)(F)F)c1. The largest absolute Gasteiger partial charge is 0.433 e. The zero-order valence-corrected chi connectivity index (χ0v) is 82.5. The number of halogens is 15. The Labute approximate surface area is 858 Å². The maximum atomic E-state index is 13.2. The van der Waals surface area contributed by atoms with Crippen molar-refractivity contribution in [2.24, 2.45) is 28.7 Å². The lowest BCUT2D eigenvalue weighted by atomic mass is 10.1. The molecule has 10 N–H and O–H groups in total. The Bertz CT molecular complexity index is 8170. The second-order valence-electron chi connectivity index (χ2n) is 31.0. The van der Waals surface area contributed by atoms with Crippen molar-refractivity contribution in [1.29, 1.82) is 15.8 Å². The number of hydrogen-bond donors (Lipinski definition) is 5. The Balaban J connectivity index is 0.000000178. The fraction of sp³-hybridized carbons (Fsp3) is 0.0909. The van der Waals surface area contributed by atoms with E-state index < -0.39 is 186 Å². The minimum absolute atomic E-state index is 0.00322. The summed E-state index contributed by atoms with van der Waals surface area (Å²) in [6, 6.07) is 53.4. The van der Waals surface area contributed by atoms with Crippen molar-refractivity contribution in [3.8, 4) is 46.6 Å². The lowest BCUT2D eigenvalue weighted by molar-refractivity contribution is -0.141. The number of carbonyl (C=O) groups excluding carboxylic acids is 5. The first-order valence-electron chi connectivity index (χ1n) is 41.9. The molecule has 0 bridgehead atoms. The summed E-state index contributed by atoms with van der Waals surface area (Å²) in [7, 11) is -9.53. The van der Waals surface area contributed by atoms with Crippen molar-refractivity contribution in [3.05, 3.63) is 418 Å². The molecule has 15 aromatic rings. The summed E-state index contributed by atoms with van der Waals surface area (Å²) in [6.07, 6.45) is -15.3. The van der Waals surface area contributed by atoms with Gasteiger partial charge in [-0.05, 0) is 247 Å². The van der Waals surface area contributed by atoms with Crippen LogP contribution in [0.1, 0.15) is 119 Å². The highest BCUT2D eigenvalue weighted by molar-refractivity contribution is 7.86. The molecule has 51 heteroatoms. The van der Waals surface area contributed by atoms with Crippen LogP contribution in [-0.2, 0) is 78.7 Å². The summed E-state index contributed by atoms with van der Waals surface area (Å²) in [6.45, 7) is 7.18. The van der Waals surface area contributed by atoms with E-state index in [0.717, 1.165) is 122 Å². The Hall–Kier alpha value is -17.0. The number of rotatable bonds is 20. The molecule has 5 atom stereocenters. The van der Waals surface area contributed by atoms with Gasteiger partial charge in [-0.1, -0.05) is 47.5 Å². The van der Waals surface area contributed by atoms with Crippen LogP contribution in [0.3, 0.4) is 0 Å². The molecular formula is C99H67Cl2F13N16O15S5. The van der Waals surface area contributed by atoms with Gasteiger partial charge < -0.3 is 28.7 Å². The normalized spacial score (nSPS) is 12.2. The molecule has 0 spiro atoms. The van der Waals surface area contributed by atoms with Crippen LogP contribution in [0.5, 0.6) is 0 Å². The fourth-order valence-corrected chi connectivity index (χ4v) is 20.4. The molecular weight excluding hydrogens is 2130 g/mol. The average molecular weight is 2200 g/mol. The van der Waals surface area contributed by atoms with Gasteiger partial charge in [0.1, 0.15) is 66.9 Å². The summed E-state index contributed by atoms with van der Waals surface area (Å²) in [4.78, 5) is 135. The predicted octanol–water partition coefficient (Wildman–Crippen LogP) is 15.4. The molecule has 8 aromatic heterocycles. The number of carbonyl (C=O) groups is 5. The Kier molecular flexibility index (Phi) is 35.3. The first-order chi connectivity index (χ1) is 70.4. The van der Waals surface area contributed by atoms with Gasteiger partial charge in [-0.3, -0.25) is 75.8 Å². The van der Waals surface area contributed by atoms with Crippen LogP contribution in [0.15, 0.2) is 328 Å². The molecule has 5 unspecified atom stereocenters. The zero-order valence-electron chi connectivity index (χ0n) is 76.9. The van der Waals surface area contributed by atoms with Crippen molar-refractivity contribution < 1.29 is 102 Å². The molecule has 0 saturated carbocycles. The van der Waals surface area contributed by atoms with Gasteiger partial charge in [-0.2, -0.15) is 68.5 Å². The molecule has 0 aliphatic rings. The van der Waals surface area contributed by atoms with Crippen LogP contribution >= 0.6 is 23.2 Å². The number of hydrogen-bond acceptors (Lipinski definition) is 21. The van der Waals surface area contributed by atoms with Crippen LogP contribution in [0.4, 0.5) is 57.1 Å². The molecule has 150 heavy (non-hydrogen) atoms. The number of amides is 5. The Morgan fingerprint density at radius 1 is 0.313 bits per heavy atom. The molecule has 0 saturated heterocycles. The topological polar surface area (TPSA) is 521 Å². The number of primary amides is 5. The van der Waals surface area contributed by atoms with Gasteiger partial charge in [0.05, 0.1) is 129 Å². The first-order valence-corrected chi connectivity index (χ1v) is 48.4. The number of alkyl halides is 12. The van der Waals surface area contributed by atoms with E-state index in [-0.39, 0.29) is 101 Å². The van der Waals surface area contributed by atoms with Crippen LogP contribution in [-0.4, -0.2) is 88.4 Å². The van der Waals surface area contributed by atoms with Gasteiger partial charge in [0, 0.05) is 83.8 Å². The maximum Gasteiger partial charge on any atom is 0.433 e. The van der Waals surface area contributed by atoms with E-state index >= 15 is 0 Å². The third-order valence-corrected chi connectivity index (χ3v) is 29.3. The van der Waals surface area contributed by atoms with Crippen LogP contribution in [0.25, 0.3) is 28.4 Å². The molecule has 7 aromatic carbocycles. The van der Waals surface area contributed by atoms with E-state index in [2.05, 4.69) is 15.0 Å². The van der Waals surface area contributed by atoms with Crippen molar-refractivity contribution in [2.75, 3.05) is 0 Å². The monoisotopic (exact) mass is 2200 g/mol. The van der Waals surface area contributed by atoms with Gasteiger partial charge >= 0.3 is 24.7 Å². The highest BCUT2D eigenvalue weighted by Gasteiger charge is 2.37. The number of benzene rings is 7. The van der Waals surface area contributed by atoms with Crippen LogP contribution in [0.2, 0.25) is 10.0 Å². The Morgan fingerprint density at radius 2 is 0.607 bits per heavy atom. The van der Waals surface area contributed by atoms with Gasteiger partial charge in [0.2, 0.25) is 0 Å². The maximum absolute atomic E-state index is 13.2. The van der Waals surface area contributed by atoms with Crippen LogP contribution < -0.4 is 56.5 Å². The molecule has 31 nitrogen and oxygen atoms in total. The van der Waals surface area contributed by atoms with Crippen molar-refractivity contribution >= 4 is 107 Å². The minimum Gasteiger partial charge on any atom is -0.365 e. The summed E-state index contributed by atoms with van der Waals surface area (Å²) in [5.41, 5.74) is 16.6. The highest BCUT2D eigenvalue weighted by Crippen LogP contribution is 2.38. The van der Waals surface area contributed by atoms with Gasteiger partial charge in [0.25, 0.3) is 57.3 Å². The quantitative estimate of drug-likeness (QED) is 0.0442. The van der Waals surface area contributed by atoms with E-state index in [1.165, 1.54) is 154 Å². The van der Waals surface area contributed by atoms with E-state index in [4.69, 9.17) is 67.7 Å². The lowest BCUT2D eigenvalue weighted by Gasteiger charge is -2.17. The smallest absolute Gasteiger partial charge is 0.365 e. The highest BCUT2D eigenvalue weighted by atomic mass is 35.5. The van der Waals surface area contributed by atoms with Crippen molar-refractivity contribution in [1.82, 2.24) is 37.8 Å². The third kappa shape index (κ3) is 25.8. The molecule has 0 fully saturated rings.